The zero-order chi connectivity index (χ0) is 12.6. The molecule has 0 bridgehead atoms. The number of nitrogens with zero attached hydrogens (tertiary/aromatic N) is 1. The van der Waals surface area contributed by atoms with Crippen molar-refractivity contribution in [1.29, 1.82) is 0 Å². The van der Waals surface area contributed by atoms with Gasteiger partial charge in [0, 0.05) is 26.2 Å². The molecule has 1 fully saturated rings. The molecule has 0 aliphatic carbocycles. The molecule has 0 aromatic heterocycles. The van der Waals surface area contributed by atoms with E-state index in [-0.39, 0.29) is 6.09 Å². The van der Waals surface area contributed by atoms with Gasteiger partial charge in [-0.1, -0.05) is 30.3 Å². The number of aryl methyl sites for hydroxylation is 1. The molecule has 1 aromatic rings. The van der Waals surface area contributed by atoms with Crippen molar-refractivity contribution in [2.24, 2.45) is 0 Å². The van der Waals surface area contributed by atoms with E-state index in [0.29, 0.717) is 6.61 Å². The van der Waals surface area contributed by atoms with Crippen LogP contribution >= 0.6 is 0 Å². The molecule has 1 aliphatic heterocycles. The number of amides is 1. The molecule has 1 aliphatic rings. The normalized spacial score (nSPS) is 15.4. The number of rotatable bonds is 4. The van der Waals surface area contributed by atoms with Crippen LogP contribution in [0.15, 0.2) is 30.3 Å². The van der Waals surface area contributed by atoms with E-state index in [1.807, 2.05) is 18.2 Å². The fourth-order valence-corrected chi connectivity index (χ4v) is 2.02. The number of benzene rings is 1. The maximum absolute atomic E-state index is 11.7. The molecule has 1 amide bonds. The first kappa shape index (κ1) is 12.9. The van der Waals surface area contributed by atoms with Gasteiger partial charge in [0.25, 0.3) is 0 Å². The van der Waals surface area contributed by atoms with E-state index in [9.17, 15) is 4.79 Å². The van der Waals surface area contributed by atoms with Crippen molar-refractivity contribution in [2.45, 2.75) is 12.8 Å². The maximum atomic E-state index is 11.7. The van der Waals surface area contributed by atoms with Crippen LogP contribution in [0.2, 0.25) is 0 Å². The molecular formula is C14H20N2O2. The van der Waals surface area contributed by atoms with Gasteiger partial charge in [-0.3, -0.25) is 0 Å². The average molecular weight is 248 g/mol. The van der Waals surface area contributed by atoms with Gasteiger partial charge in [0.1, 0.15) is 0 Å². The fourth-order valence-electron chi connectivity index (χ4n) is 2.02. The van der Waals surface area contributed by atoms with E-state index in [4.69, 9.17) is 4.74 Å². The van der Waals surface area contributed by atoms with Gasteiger partial charge in [-0.15, -0.1) is 0 Å². The highest BCUT2D eigenvalue weighted by molar-refractivity contribution is 5.67. The predicted molar refractivity (Wildman–Crippen MR) is 70.6 cm³/mol. The minimum atomic E-state index is -0.176. The standard InChI is InChI=1S/C14H20N2O2/c17-14(16-10-8-15-9-11-16)18-12-4-7-13-5-2-1-3-6-13/h1-3,5-6,15H,4,7-12H2. The Morgan fingerprint density at radius 1 is 1.22 bits per heavy atom. The summed E-state index contributed by atoms with van der Waals surface area (Å²) in [7, 11) is 0. The molecule has 18 heavy (non-hydrogen) atoms. The summed E-state index contributed by atoms with van der Waals surface area (Å²) in [5.41, 5.74) is 1.29. The molecule has 2 rings (SSSR count). The van der Waals surface area contributed by atoms with Crippen LogP contribution in [0.4, 0.5) is 4.79 Å². The third-order valence-electron chi connectivity index (χ3n) is 3.05. The van der Waals surface area contributed by atoms with E-state index >= 15 is 0 Å². The van der Waals surface area contributed by atoms with Gasteiger partial charge in [0.15, 0.2) is 0 Å². The van der Waals surface area contributed by atoms with E-state index in [1.54, 1.807) is 4.90 Å². The average Bonchev–Trinajstić information content (AvgIpc) is 2.45. The molecule has 4 heteroatoms. The van der Waals surface area contributed by atoms with Gasteiger partial charge in [0.05, 0.1) is 6.61 Å². The van der Waals surface area contributed by atoms with Crippen LogP contribution in [0.5, 0.6) is 0 Å². The van der Waals surface area contributed by atoms with Crippen molar-refractivity contribution in [2.75, 3.05) is 32.8 Å². The predicted octanol–water partition coefficient (Wildman–Crippen LogP) is 1.66. The van der Waals surface area contributed by atoms with Crippen LogP contribution in [-0.2, 0) is 11.2 Å². The van der Waals surface area contributed by atoms with Gasteiger partial charge in [0.2, 0.25) is 0 Å². The minimum Gasteiger partial charge on any atom is -0.449 e. The zero-order valence-corrected chi connectivity index (χ0v) is 10.6. The number of ether oxygens (including phenoxy) is 1. The lowest BCUT2D eigenvalue weighted by Crippen LogP contribution is -2.46. The molecule has 0 atom stereocenters. The Morgan fingerprint density at radius 2 is 1.94 bits per heavy atom. The molecule has 0 unspecified atom stereocenters. The van der Waals surface area contributed by atoms with E-state index in [0.717, 1.165) is 39.0 Å². The molecule has 4 nitrogen and oxygen atoms in total. The summed E-state index contributed by atoms with van der Waals surface area (Å²) in [5.74, 6) is 0. The van der Waals surface area contributed by atoms with Gasteiger partial charge in [-0.05, 0) is 18.4 Å². The summed E-state index contributed by atoms with van der Waals surface area (Å²) < 4.78 is 5.26. The molecule has 1 aromatic carbocycles. The Balaban J connectivity index is 1.61. The summed E-state index contributed by atoms with van der Waals surface area (Å²) in [6, 6.07) is 10.3. The van der Waals surface area contributed by atoms with Crippen molar-refractivity contribution in [3.05, 3.63) is 35.9 Å². The lowest BCUT2D eigenvalue weighted by atomic mass is 10.1. The second-order valence-corrected chi connectivity index (χ2v) is 4.44. The second-order valence-electron chi connectivity index (χ2n) is 4.44. The largest absolute Gasteiger partial charge is 0.449 e. The van der Waals surface area contributed by atoms with E-state index in [2.05, 4.69) is 17.4 Å². The summed E-state index contributed by atoms with van der Waals surface area (Å²) in [4.78, 5) is 13.4. The Hall–Kier alpha value is -1.55. The number of nitrogens with one attached hydrogen (secondary N) is 1. The topological polar surface area (TPSA) is 41.6 Å². The van der Waals surface area contributed by atoms with Gasteiger partial charge < -0.3 is 15.0 Å². The van der Waals surface area contributed by atoms with Gasteiger partial charge >= 0.3 is 6.09 Å². The second kappa shape index (κ2) is 7.01. The smallest absolute Gasteiger partial charge is 0.409 e. The number of piperazine rings is 1. The van der Waals surface area contributed by atoms with Crippen LogP contribution in [0.25, 0.3) is 0 Å². The zero-order valence-electron chi connectivity index (χ0n) is 10.6. The van der Waals surface area contributed by atoms with Gasteiger partial charge in [-0.25, -0.2) is 4.79 Å². The van der Waals surface area contributed by atoms with Crippen LogP contribution in [0, 0.1) is 0 Å². The number of carbonyl (C=O) groups is 1. The van der Waals surface area contributed by atoms with Gasteiger partial charge in [-0.2, -0.15) is 0 Å². The highest BCUT2D eigenvalue weighted by Gasteiger charge is 2.16. The molecule has 1 saturated heterocycles. The molecule has 0 saturated carbocycles. The summed E-state index contributed by atoms with van der Waals surface area (Å²) in [6.45, 7) is 3.71. The van der Waals surface area contributed by atoms with Crippen LogP contribution < -0.4 is 5.32 Å². The first-order chi connectivity index (χ1) is 8.86. The quantitative estimate of drug-likeness (QED) is 0.824. The molecule has 1 N–H and O–H groups in total. The Labute approximate surface area is 108 Å². The fraction of sp³-hybridized carbons (Fsp3) is 0.500. The molecule has 1 heterocycles. The lowest BCUT2D eigenvalue weighted by molar-refractivity contribution is 0.0967. The first-order valence-corrected chi connectivity index (χ1v) is 6.52. The summed E-state index contributed by atoms with van der Waals surface area (Å²) >= 11 is 0. The molecular weight excluding hydrogens is 228 g/mol. The van der Waals surface area contributed by atoms with E-state index in [1.165, 1.54) is 5.56 Å². The minimum absolute atomic E-state index is 0.176. The number of hydrogen-bond donors (Lipinski definition) is 1. The highest BCUT2D eigenvalue weighted by atomic mass is 16.6. The van der Waals surface area contributed by atoms with Crippen LogP contribution in [0.1, 0.15) is 12.0 Å². The Morgan fingerprint density at radius 3 is 2.67 bits per heavy atom. The highest BCUT2D eigenvalue weighted by Crippen LogP contribution is 2.03. The van der Waals surface area contributed by atoms with Crippen LogP contribution in [0.3, 0.4) is 0 Å². The maximum Gasteiger partial charge on any atom is 0.409 e. The molecule has 98 valence electrons. The number of carbonyl (C=O) groups excluding carboxylic acids is 1. The lowest BCUT2D eigenvalue weighted by Gasteiger charge is -2.26. The number of hydrogen-bond acceptors (Lipinski definition) is 3. The molecule has 0 radical (unpaired) electrons. The monoisotopic (exact) mass is 248 g/mol. The van der Waals surface area contributed by atoms with Crippen molar-refractivity contribution >= 4 is 6.09 Å². The summed E-state index contributed by atoms with van der Waals surface area (Å²) in [5, 5.41) is 3.21. The van der Waals surface area contributed by atoms with Crippen LogP contribution in [-0.4, -0.2) is 43.8 Å². The van der Waals surface area contributed by atoms with Crippen molar-refractivity contribution in [3.63, 3.8) is 0 Å². The third-order valence-corrected chi connectivity index (χ3v) is 3.05. The van der Waals surface area contributed by atoms with Crippen molar-refractivity contribution in [3.8, 4) is 0 Å². The van der Waals surface area contributed by atoms with E-state index < -0.39 is 0 Å². The Bertz CT molecular complexity index is 361. The Kier molecular flexibility index (Phi) is 5.02. The van der Waals surface area contributed by atoms with Crippen molar-refractivity contribution < 1.29 is 9.53 Å². The summed E-state index contributed by atoms with van der Waals surface area (Å²) in [6.07, 6.45) is 1.65. The third kappa shape index (κ3) is 4.04. The SMILES string of the molecule is O=C(OCCCc1ccccc1)N1CCNCC1. The van der Waals surface area contributed by atoms with Crippen molar-refractivity contribution in [1.82, 2.24) is 10.2 Å². The molecule has 0 spiro atoms. The first-order valence-electron chi connectivity index (χ1n) is 6.52.